The van der Waals surface area contributed by atoms with Gasteiger partial charge in [0.2, 0.25) is 5.91 Å². The third-order valence-electron chi connectivity index (χ3n) is 3.27. The molecule has 1 unspecified atom stereocenters. The highest BCUT2D eigenvalue weighted by atomic mass is 16.5. The first kappa shape index (κ1) is 13.5. The molecule has 0 saturated heterocycles. The lowest BCUT2D eigenvalue weighted by molar-refractivity contribution is -0.139. The number of nitrogens with zero attached hydrogens (tertiary/aromatic N) is 1. The quantitative estimate of drug-likeness (QED) is 0.817. The van der Waals surface area contributed by atoms with E-state index in [9.17, 15) is 14.7 Å². The maximum atomic E-state index is 12.2. The van der Waals surface area contributed by atoms with Crippen molar-refractivity contribution in [2.24, 2.45) is 0 Å². The average molecular weight is 263 g/mol. The molecular weight excluding hydrogens is 246 g/mol. The minimum atomic E-state index is -0.962. The van der Waals surface area contributed by atoms with E-state index in [1.165, 1.54) is 4.90 Å². The fraction of sp³-hybridized carbons (Fsp3) is 0.429. The molecular formula is C14H17NO4. The summed E-state index contributed by atoms with van der Waals surface area (Å²) in [6.07, 6.45) is 1.27. The summed E-state index contributed by atoms with van der Waals surface area (Å²) in [5, 5.41) is 9.26. The molecule has 1 amide bonds. The molecule has 0 fully saturated rings. The molecule has 0 spiro atoms. The van der Waals surface area contributed by atoms with Gasteiger partial charge < -0.3 is 9.84 Å². The van der Waals surface area contributed by atoms with Crippen molar-refractivity contribution in [3.63, 3.8) is 0 Å². The summed E-state index contributed by atoms with van der Waals surface area (Å²) in [5.74, 6) is -1.12. The Hall–Kier alpha value is -1.88. The van der Waals surface area contributed by atoms with Gasteiger partial charge in [0.05, 0.1) is 0 Å². The van der Waals surface area contributed by atoms with Crippen molar-refractivity contribution in [1.82, 2.24) is 0 Å². The summed E-state index contributed by atoms with van der Waals surface area (Å²) >= 11 is 0. The van der Waals surface area contributed by atoms with E-state index in [-0.39, 0.29) is 5.91 Å². The molecule has 1 aliphatic heterocycles. The van der Waals surface area contributed by atoms with Crippen molar-refractivity contribution in [1.29, 1.82) is 0 Å². The van der Waals surface area contributed by atoms with Crippen LogP contribution >= 0.6 is 0 Å². The minimum absolute atomic E-state index is 0.158. The highest BCUT2D eigenvalue weighted by molar-refractivity contribution is 6.01. The molecule has 2 rings (SSSR count). The smallest absolute Gasteiger partial charge is 0.327 e. The zero-order valence-corrected chi connectivity index (χ0v) is 10.8. The van der Waals surface area contributed by atoms with Crippen molar-refractivity contribution in [2.75, 3.05) is 18.6 Å². The number of fused-ring (bicyclic) bond motifs is 1. The second-order valence-electron chi connectivity index (χ2n) is 4.55. The van der Waals surface area contributed by atoms with Crippen LogP contribution in [0.5, 0.6) is 0 Å². The number of benzene rings is 1. The van der Waals surface area contributed by atoms with E-state index in [0.29, 0.717) is 25.9 Å². The molecule has 1 aromatic rings. The van der Waals surface area contributed by atoms with Crippen molar-refractivity contribution >= 4 is 17.6 Å². The summed E-state index contributed by atoms with van der Waals surface area (Å²) in [4.78, 5) is 24.9. The Bertz CT molecular complexity index is 486. The molecule has 0 aromatic heterocycles. The summed E-state index contributed by atoms with van der Waals surface area (Å²) < 4.78 is 4.91. The summed E-state index contributed by atoms with van der Waals surface area (Å²) in [5.41, 5.74) is 1.63. The number of carboxylic acids is 1. The first-order chi connectivity index (χ1) is 9.15. The van der Waals surface area contributed by atoms with Crippen molar-refractivity contribution in [3.8, 4) is 0 Å². The fourth-order valence-electron chi connectivity index (χ4n) is 2.38. The average Bonchev–Trinajstić information content (AvgIpc) is 2.78. The molecule has 5 nitrogen and oxygen atoms in total. The Labute approximate surface area is 111 Å². The normalized spacial score (nSPS) is 17.3. The Kier molecular flexibility index (Phi) is 4.16. The van der Waals surface area contributed by atoms with E-state index in [1.54, 1.807) is 13.2 Å². The third-order valence-corrected chi connectivity index (χ3v) is 3.27. The van der Waals surface area contributed by atoms with Crippen LogP contribution in [0.25, 0.3) is 0 Å². The molecule has 19 heavy (non-hydrogen) atoms. The molecule has 1 N–H and O–H groups in total. The van der Waals surface area contributed by atoms with Gasteiger partial charge in [0.1, 0.15) is 6.04 Å². The highest BCUT2D eigenvalue weighted by Gasteiger charge is 2.37. The van der Waals surface area contributed by atoms with Crippen LogP contribution in [0, 0.1) is 0 Å². The predicted molar refractivity (Wildman–Crippen MR) is 70.2 cm³/mol. The third kappa shape index (κ3) is 2.76. The largest absolute Gasteiger partial charge is 0.480 e. The van der Waals surface area contributed by atoms with Crippen LogP contribution in [-0.2, 0) is 20.7 Å². The number of anilines is 1. The molecule has 1 aromatic carbocycles. The first-order valence-corrected chi connectivity index (χ1v) is 6.27. The molecule has 0 bridgehead atoms. The van der Waals surface area contributed by atoms with Gasteiger partial charge >= 0.3 is 5.97 Å². The number of para-hydroxylation sites is 1. The number of hydrogen-bond acceptors (Lipinski definition) is 3. The van der Waals surface area contributed by atoms with Crippen molar-refractivity contribution in [3.05, 3.63) is 29.8 Å². The number of carbonyl (C=O) groups is 2. The van der Waals surface area contributed by atoms with Gasteiger partial charge in [0, 0.05) is 32.2 Å². The van der Waals surface area contributed by atoms with Crippen molar-refractivity contribution in [2.45, 2.75) is 25.3 Å². The number of ether oxygens (including phenoxy) is 1. The van der Waals surface area contributed by atoms with Gasteiger partial charge in [-0.05, 0) is 18.1 Å². The predicted octanol–water partition coefficient (Wildman–Crippen LogP) is 1.46. The highest BCUT2D eigenvalue weighted by Crippen LogP contribution is 2.32. The Morgan fingerprint density at radius 1 is 1.42 bits per heavy atom. The van der Waals surface area contributed by atoms with Crippen LogP contribution in [0.3, 0.4) is 0 Å². The maximum absolute atomic E-state index is 12.2. The number of rotatable bonds is 5. The number of carboxylic acid groups (broad SMARTS) is 1. The van der Waals surface area contributed by atoms with Crippen LogP contribution in [0.15, 0.2) is 24.3 Å². The Morgan fingerprint density at radius 2 is 2.16 bits per heavy atom. The van der Waals surface area contributed by atoms with Gasteiger partial charge in [-0.25, -0.2) is 4.79 Å². The van der Waals surface area contributed by atoms with Gasteiger partial charge in [0.25, 0.3) is 0 Å². The number of hydrogen-bond donors (Lipinski definition) is 1. The van der Waals surface area contributed by atoms with E-state index < -0.39 is 12.0 Å². The van der Waals surface area contributed by atoms with Crippen LogP contribution in [0.2, 0.25) is 0 Å². The van der Waals surface area contributed by atoms with E-state index in [1.807, 2.05) is 18.2 Å². The maximum Gasteiger partial charge on any atom is 0.327 e. The van der Waals surface area contributed by atoms with Crippen LogP contribution in [-0.4, -0.2) is 36.7 Å². The number of carbonyl (C=O) groups excluding carboxylic acids is 1. The number of amides is 1. The lowest BCUT2D eigenvalue weighted by Crippen LogP contribution is -2.42. The van der Waals surface area contributed by atoms with Crippen LogP contribution in [0.4, 0.5) is 5.69 Å². The van der Waals surface area contributed by atoms with Gasteiger partial charge in [0.15, 0.2) is 0 Å². The zero-order chi connectivity index (χ0) is 13.8. The van der Waals surface area contributed by atoms with E-state index in [2.05, 4.69) is 0 Å². The standard InChI is InChI=1S/C14H17NO4/c1-19-8-4-7-13(16)15-11-6-3-2-5-10(11)9-12(15)14(17)18/h2-3,5-6,12H,4,7-9H2,1H3,(H,17,18). The fourth-order valence-corrected chi connectivity index (χ4v) is 2.38. The van der Waals surface area contributed by atoms with Crippen LogP contribution < -0.4 is 4.90 Å². The summed E-state index contributed by atoms with van der Waals surface area (Å²) in [6, 6.07) is 6.56. The van der Waals surface area contributed by atoms with Gasteiger partial charge in [-0.2, -0.15) is 0 Å². The Morgan fingerprint density at radius 3 is 2.84 bits per heavy atom. The lowest BCUT2D eigenvalue weighted by Gasteiger charge is -2.22. The monoisotopic (exact) mass is 263 g/mol. The molecule has 1 heterocycles. The summed E-state index contributed by atoms with van der Waals surface area (Å²) in [6.45, 7) is 0.499. The molecule has 5 heteroatoms. The first-order valence-electron chi connectivity index (χ1n) is 6.27. The lowest BCUT2D eigenvalue weighted by atomic mass is 10.1. The van der Waals surface area contributed by atoms with Crippen molar-refractivity contribution < 1.29 is 19.4 Å². The van der Waals surface area contributed by atoms with Gasteiger partial charge in [-0.1, -0.05) is 18.2 Å². The molecule has 0 saturated carbocycles. The van der Waals surface area contributed by atoms with E-state index in [4.69, 9.17) is 4.74 Å². The number of aliphatic carboxylic acids is 1. The second-order valence-corrected chi connectivity index (χ2v) is 4.55. The minimum Gasteiger partial charge on any atom is -0.480 e. The molecule has 1 atom stereocenters. The molecule has 0 radical (unpaired) electrons. The molecule has 102 valence electrons. The zero-order valence-electron chi connectivity index (χ0n) is 10.8. The molecule has 0 aliphatic carbocycles. The second kappa shape index (κ2) is 5.84. The SMILES string of the molecule is COCCCC(=O)N1c2ccccc2CC1C(=O)O. The van der Waals surface area contributed by atoms with Gasteiger partial charge in [-0.15, -0.1) is 0 Å². The van der Waals surface area contributed by atoms with E-state index >= 15 is 0 Å². The topological polar surface area (TPSA) is 66.8 Å². The van der Waals surface area contributed by atoms with Gasteiger partial charge in [-0.3, -0.25) is 9.69 Å². The summed E-state index contributed by atoms with van der Waals surface area (Å²) in [7, 11) is 1.58. The Balaban J connectivity index is 2.19. The van der Waals surface area contributed by atoms with E-state index in [0.717, 1.165) is 11.3 Å². The number of methoxy groups -OCH3 is 1. The molecule has 1 aliphatic rings. The van der Waals surface area contributed by atoms with Crippen LogP contribution in [0.1, 0.15) is 18.4 Å².